The van der Waals surface area contributed by atoms with Crippen LogP contribution in [0.5, 0.6) is 0 Å². The number of nitrogen functional groups attached to an aromatic ring is 1. The molecule has 2 aromatic rings. The highest BCUT2D eigenvalue weighted by Gasteiger charge is 2.18. The van der Waals surface area contributed by atoms with Gasteiger partial charge in [-0.15, -0.1) is 11.3 Å². The van der Waals surface area contributed by atoms with Crippen LogP contribution in [-0.2, 0) is 13.1 Å². The molecule has 114 valence electrons. The van der Waals surface area contributed by atoms with Crippen molar-refractivity contribution in [3.8, 4) is 0 Å². The molecule has 0 aromatic carbocycles. The number of nitrogens with one attached hydrogen (secondary N) is 1. The zero-order valence-electron chi connectivity index (χ0n) is 12.6. The minimum atomic E-state index is -0.322. The molecule has 0 aliphatic rings. The van der Waals surface area contributed by atoms with E-state index in [0.29, 0.717) is 23.9 Å². The number of nitrogens with zero attached hydrogens (tertiary/aromatic N) is 1. The quantitative estimate of drug-likeness (QED) is 0.489. The van der Waals surface area contributed by atoms with E-state index in [-0.39, 0.29) is 5.91 Å². The summed E-state index contributed by atoms with van der Waals surface area (Å²) in [6, 6.07) is 6.32. The number of hydrogen-bond acceptors (Lipinski definition) is 5. The first-order valence-corrected chi connectivity index (χ1v) is 7.76. The maximum Gasteiger partial charge on any atom is 0.268 e. The van der Waals surface area contributed by atoms with Crippen LogP contribution in [-0.4, -0.2) is 16.8 Å². The van der Waals surface area contributed by atoms with E-state index < -0.39 is 0 Å². The zero-order valence-corrected chi connectivity index (χ0v) is 13.4. The van der Waals surface area contributed by atoms with Gasteiger partial charge in [-0.25, -0.2) is 5.84 Å². The van der Waals surface area contributed by atoms with Crippen molar-refractivity contribution in [3.63, 3.8) is 0 Å². The fourth-order valence-corrected chi connectivity index (χ4v) is 2.88. The second kappa shape index (κ2) is 6.89. The van der Waals surface area contributed by atoms with Gasteiger partial charge in [-0.2, -0.15) is 0 Å². The Balaban J connectivity index is 2.12. The summed E-state index contributed by atoms with van der Waals surface area (Å²) in [5.74, 6) is 6.21. The van der Waals surface area contributed by atoms with E-state index in [1.165, 1.54) is 4.88 Å². The molecule has 2 aromatic heterocycles. The number of aryl methyl sites for hydroxylation is 1. The predicted octanol–water partition coefficient (Wildman–Crippen LogP) is 2.66. The highest BCUT2D eigenvalue weighted by Crippen LogP contribution is 2.20. The molecule has 3 N–H and O–H groups in total. The molecule has 6 heteroatoms. The normalized spacial score (nSPS) is 11.3. The van der Waals surface area contributed by atoms with Crippen LogP contribution in [0, 0.1) is 6.92 Å². The highest BCUT2D eigenvalue weighted by atomic mass is 32.1. The Morgan fingerprint density at radius 1 is 1.48 bits per heavy atom. The third-order valence-corrected chi connectivity index (χ3v) is 4.23. The Morgan fingerprint density at radius 3 is 2.81 bits per heavy atom. The van der Waals surface area contributed by atoms with Crippen LogP contribution in [0.4, 0.5) is 0 Å². The van der Waals surface area contributed by atoms with Gasteiger partial charge in [0.15, 0.2) is 0 Å². The van der Waals surface area contributed by atoms with Gasteiger partial charge < -0.3 is 4.42 Å². The molecule has 0 fully saturated rings. The van der Waals surface area contributed by atoms with Crippen LogP contribution in [0.25, 0.3) is 0 Å². The fourth-order valence-electron chi connectivity index (χ4n) is 2.15. The van der Waals surface area contributed by atoms with Gasteiger partial charge in [0.1, 0.15) is 11.5 Å². The molecular weight excluding hydrogens is 286 g/mol. The van der Waals surface area contributed by atoms with Crippen molar-refractivity contribution in [3.05, 3.63) is 45.5 Å². The summed E-state index contributed by atoms with van der Waals surface area (Å²) >= 11 is 1.74. The van der Waals surface area contributed by atoms with Crippen LogP contribution < -0.4 is 11.3 Å². The summed E-state index contributed by atoms with van der Waals surface area (Å²) < 4.78 is 5.68. The zero-order chi connectivity index (χ0) is 15.4. The van der Waals surface area contributed by atoms with Crippen molar-refractivity contribution < 1.29 is 9.21 Å². The lowest BCUT2D eigenvalue weighted by molar-refractivity contribution is 0.0952. The molecule has 0 saturated carbocycles. The van der Waals surface area contributed by atoms with Crippen molar-refractivity contribution in [2.45, 2.75) is 39.9 Å². The van der Waals surface area contributed by atoms with Crippen molar-refractivity contribution in [2.75, 3.05) is 0 Å². The van der Waals surface area contributed by atoms with Gasteiger partial charge in [0.2, 0.25) is 0 Å². The molecule has 5 nitrogen and oxygen atoms in total. The molecular formula is C15H21N3O2S. The Morgan fingerprint density at radius 2 is 2.24 bits per heavy atom. The Kier molecular flexibility index (Phi) is 5.17. The fraction of sp³-hybridized carbons (Fsp3) is 0.400. The lowest BCUT2D eigenvalue weighted by Crippen LogP contribution is -2.30. The molecule has 21 heavy (non-hydrogen) atoms. The van der Waals surface area contributed by atoms with E-state index >= 15 is 0 Å². The maximum atomic E-state index is 11.6. The van der Waals surface area contributed by atoms with E-state index in [1.54, 1.807) is 24.3 Å². The first-order valence-electron chi connectivity index (χ1n) is 6.88. The summed E-state index contributed by atoms with van der Waals surface area (Å²) in [4.78, 5) is 15.2. The van der Waals surface area contributed by atoms with Crippen molar-refractivity contribution in [1.82, 2.24) is 10.3 Å². The largest absolute Gasteiger partial charge is 0.464 e. The van der Waals surface area contributed by atoms with Gasteiger partial charge in [-0.1, -0.05) is 6.07 Å². The number of carbonyl (C=O) groups excluding carboxylic acids is 1. The summed E-state index contributed by atoms with van der Waals surface area (Å²) in [6.45, 7) is 7.60. The van der Waals surface area contributed by atoms with Gasteiger partial charge in [-0.3, -0.25) is 15.1 Å². The van der Waals surface area contributed by atoms with Crippen LogP contribution in [0.1, 0.15) is 40.6 Å². The van der Waals surface area contributed by atoms with E-state index in [4.69, 9.17) is 10.3 Å². The van der Waals surface area contributed by atoms with E-state index in [1.807, 2.05) is 0 Å². The molecule has 2 rings (SSSR count). The number of amides is 1. The Labute approximate surface area is 128 Å². The number of rotatable bonds is 6. The highest BCUT2D eigenvalue weighted by molar-refractivity contribution is 7.09. The maximum absolute atomic E-state index is 11.6. The average molecular weight is 307 g/mol. The molecule has 0 radical (unpaired) electrons. The summed E-state index contributed by atoms with van der Waals surface area (Å²) in [7, 11) is 0. The van der Waals surface area contributed by atoms with Gasteiger partial charge in [0.25, 0.3) is 5.91 Å². The van der Waals surface area contributed by atoms with E-state index in [2.05, 4.69) is 41.7 Å². The van der Waals surface area contributed by atoms with Crippen molar-refractivity contribution >= 4 is 17.2 Å². The smallest absolute Gasteiger partial charge is 0.268 e. The lowest BCUT2D eigenvalue weighted by atomic mass is 10.2. The van der Waals surface area contributed by atoms with Gasteiger partial charge in [-0.05, 0) is 38.3 Å². The molecule has 0 bridgehead atoms. The Hall–Kier alpha value is -1.63. The minimum Gasteiger partial charge on any atom is -0.464 e. The number of furan rings is 1. The minimum absolute atomic E-state index is 0.322. The topological polar surface area (TPSA) is 71.5 Å². The standard InChI is InChI=1S/C15H21N3O2S/c1-10(2)18(9-13-5-4-6-21-13)8-12-7-14(11(3)20-12)15(19)17-16/h4-7,10H,8-9,16H2,1-3H3,(H,17,19). The monoisotopic (exact) mass is 307 g/mol. The third kappa shape index (κ3) is 3.93. The van der Waals surface area contributed by atoms with Crippen molar-refractivity contribution in [1.29, 1.82) is 0 Å². The molecule has 0 atom stereocenters. The molecule has 0 aliphatic carbocycles. The number of hydrogen-bond donors (Lipinski definition) is 2. The summed E-state index contributed by atoms with van der Waals surface area (Å²) in [5, 5.41) is 2.08. The second-order valence-electron chi connectivity index (χ2n) is 5.23. The van der Waals surface area contributed by atoms with Gasteiger partial charge in [0.05, 0.1) is 12.1 Å². The van der Waals surface area contributed by atoms with Gasteiger partial charge in [0, 0.05) is 17.5 Å². The van der Waals surface area contributed by atoms with Crippen molar-refractivity contribution in [2.24, 2.45) is 5.84 Å². The van der Waals surface area contributed by atoms with Crippen LogP contribution in [0.2, 0.25) is 0 Å². The van der Waals surface area contributed by atoms with E-state index in [9.17, 15) is 4.79 Å². The second-order valence-corrected chi connectivity index (χ2v) is 6.27. The van der Waals surface area contributed by atoms with Crippen LogP contribution in [0.15, 0.2) is 28.0 Å². The van der Waals surface area contributed by atoms with Gasteiger partial charge >= 0.3 is 0 Å². The molecule has 2 heterocycles. The molecule has 0 aliphatic heterocycles. The predicted molar refractivity (Wildman–Crippen MR) is 83.8 cm³/mol. The Bertz CT molecular complexity index is 590. The molecule has 0 saturated heterocycles. The summed E-state index contributed by atoms with van der Waals surface area (Å²) in [6.07, 6.45) is 0. The van der Waals surface area contributed by atoms with Crippen LogP contribution in [0.3, 0.4) is 0 Å². The molecule has 0 unspecified atom stereocenters. The molecule has 1 amide bonds. The molecule has 0 spiro atoms. The number of nitrogens with two attached hydrogens (primary N) is 1. The first kappa shape index (κ1) is 15.8. The average Bonchev–Trinajstić information content (AvgIpc) is 3.07. The first-order chi connectivity index (χ1) is 10.0. The van der Waals surface area contributed by atoms with Crippen LogP contribution >= 0.6 is 11.3 Å². The van der Waals surface area contributed by atoms with E-state index in [0.717, 1.165) is 12.3 Å². The third-order valence-electron chi connectivity index (χ3n) is 3.37. The number of thiophene rings is 1. The SMILES string of the molecule is Cc1oc(CN(Cc2cccs2)C(C)C)cc1C(=O)NN. The number of carbonyl (C=O) groups is 1. The lowest BCUT2D eigenvalue weighted by Gasteiger charge is -2.24. The number of hydrazine groups is 1. The summed E-state index contributed by atoms with van der Waals surface area (Å²) in [5.41, 5.74) is 2.63.